The lowest BCUT2D eigenvalue weighted by atomic mass is 10.4. The van der Waals surface area contributed by atoms with Gasteiger partial charge < -0.3 is 5.73 Å². The van der Waals surface area contributed by atoms with E-state index in [-0.39, 0.29) is 0 Å². The van der Waals surface area contributed by atoms with E-state index in [1.165, 1.54) is 18.1 Å². The molecule has 0 amide bonds. The highest BCUT2D eigenvalue weighted by Gasteiger charge is 2.05. The van der Waals surface area contributed by atoms with E-state index in [0.717, 1.165) is 14.4 Å². The van der Waals surface area contributed by atoms with Crippen molar-refractivity contribution in [3.05, 3.63) is 35.5 Å². The van der Waals surface area contributed by atoms with Crippen molar-refractivity contribution in [3.63, 3.8) is 0 Å². The van der Waals surface area contributed by atoms with Crippen LogP contribution in [-0.4, -0.2) is 15.0 Å². The average Bonchev–Trinajstić information content (AvgIpc) is 2.24. The summed E-state index contributed by atoms with van der Waals surface area (Å²) in [4.78, 5) is 12.9. The Kier molecular flexibility index (Phi) is 3.17. The molecule has 2 aromatic heterocycles. The standard InChI is InChI=1S/C9H7BrN4S/c10-6-3-13-5-14-9(6)15-8-1-2-12-4-7(8)11/h1-5H,11H2. The molecule has 76 valence electrons. The molecule has 0 radical (unpaired) electrons. The first-order valence-corrected chi connectivity index (χ1v) is 5.71. The van der Waals surface area contributed by atoms with Crippen LogP contribution < -0.4 is 5.73 Å². The summed E-state index contributed by atoms with van der Waals surface area (Å²) in [6.07, 6.45) is 6.53. The molecule has 15 heavy (non-hydrogen) atoms. The fraction of sp³-hybridized carbons (Fsp3) is 0. The molecule has 0 aliphatic heterocycles. The van der Waals surface area contributed by atoms with Gasteiger partial charge in [-0.2, -0.15) is 0 Å². The van der Waals surface area contributed by atoms with E-state index in [1.807, 2.05) is 6.07 Å². The van der Waals surface area contributed by atoms with Crippen LogP contribution in [0.3, 0.4) is 0 Å². The number of nitrogens with zero attached hydrogens (tertiary/aromatic N) is 3. The monoisotopic (exact) mass is 282 g/mol. The van der Waals surface area contributed by atoms with Crippen LogP contribution in [0.4, 0.5) is 5.69 Å². The summed E-state index contributed by atoms with van der Waals surface area (Å²) in [5.74, 6) is 0. The number of anilines is 1. The van der Waals surface area contributed by atoms with Gasteiger partial charge >= 0.3 is 0 Å². The van der Waals surface area contributed by atoms with Crippen molar-refractivity contribution in [1.82, 2.24) is 15.0 Å². The Hall–Kier alpha value is -1.14. The molecular formula is C9H7BrN4S. The van der Waals surface area contributed by atoms with Crippen LogP contribution in [0.25, 0.3) is 0 Å². The number of pyridine rings is 1. The van der Waals surface area contributed by atoms with Crippen molar-refractivity contribution >= 4 is 33.4 Å². The number of rotatable bonds is 2. The van der Waals surface area contributed by atoms with Crippen LogP contribution in [0, 0.1) is 0 Å². The Morgan fingerprint density at radius 1 is 1.27 bits per heavy atom. The number of nitrogens with two attached hydrogens (primary N) is 1. The summed E-state index contributed by atoms with van der Waals surface area (Å²) in [5, 5.41) is 0.836. The summed E-state index contributed by atoms with van der Waals surface area (Å²) < 4.78 is 0.853. The fourth-order valence-electron chi connectivity index (χ4n) is 0.968. The predicted octanol–water partition coefficient (Wildman–Crippen LogP) is 2.37. The van der Waals surface area contributed by atoms with Crippen LogP contribution >= 0.6 is 27.7 Å². The van der Waals surface area contributed by atoms with Gasteiger partial charge in [0.2, 0.25) is 0 Å². The molecule has 4 nitrogen and oxygen atoms in total. The molecule has 0 fully saturated rings. The minimum absolute atomic E-state index is 0.646. The van der Waals surface area contributed by atoms with E-state index >= 15 is 0 Å². The predicted molar refractivity (Wildman–Crippen MR) is 62.5 cm³/mol. The number of hydrogen-bond donors (Lipinski definition) is 1. The SMILES string of the molecule is Nc1cnccc1Sc1ncncc1Br. The zero-order valence-corrected chi connectivity index (χ0v) is 9.99. The molecule has 0 atom stereocenters. The fourth-order valence-corrected chi connectivity index (χ4v) is 2.19. The number of aromatic nitrogens is 3. The molecular weight excluding hydrogens is 276 g/mol. The summed E-state index contributed by atoms with van der Waals surface area (Å²) in [7, 11) is 0. The second-order valence-corrected chi connectivity index (χ2v) is 4.58. The maximum absolute atomic E-state index is 5.78. The maximum Gasteiger partial charge on any atom is 0.118 e. The van der Waals surface area contributed by atoms with Crippen LogP contribution in [-0.2, 0) is 0 Å². The first kappa shape index (κ1) is 10.4. The van der Waals surface area contributed by atoms with Crippen molar-refractivity contribution in [1.29, 1.82) is 0 Å². The minimum Gasteiger partial charge on any atom is -0.397 e. The molecule has 6 heteroatoms. The largest absolute Gasteiger partial charge is 0.397 e. The molecule has 0 saturated carbocycles. The van der Waals surface area contributed by atoms with E-state index in [9.17, 15) is 0 Å². The lowest BCUT2D eigenvalue weighted by Crippen LogP contribution is -1.90. The zero-order chi connectivity index (χ0) is 10.7. The molecule has 0 spiro atoms. The number of halogens is 1. The summed E-state index contributed by atoms with van der Waals surface area (Å²) in [6.45, 7) is 0. The topological polar surface area (TPSA) is 64.7 Å². The van der Waals surface area contributed by atoms with Crippen molar-refractivity contribution < 1.29 is 0 Å². The van der Waals surface area contributed by atoms with E-state index < -0.39 is 0 Å². The van der Waals surface area contributed by atoms with Crippen molar-refractivity contribution in [2.24, 2.45) is 0 Å². The molecule has 2 rings (SSSR count). The van der Waals surface area contributed by atoms with E-state index in [4.69, 9.17) is 5.73 Å². The molecule has 0 bridgehead atoms. The van der Waals surface area contributed by atoms with E-state index in [2.05, 4.69) is 30.9 Å². The lowest BCUT2D eigenvalue weighted by molar-refractivity contribution is 1.02. The average molecular weight is 283 g/mol. The van der Waals surface area contributed by atoms with Gasteiger partial charge in [0, 0.05) is 17.3 Å². The number of nitrogen functional groups attached to an aromatic ring is 1. The highest BCUT2D eigenvalue weighted by molar-refractivity contribution is 9.10. The Labute approximate surface area is 99.5 Å². The normalized spacial score (nSPS) is 10.2. The molecule has 0 aromatic carbocycles. The quantitative estimate of drug-likeness (QED) is 0.857. The van der Waals surface area contributed by atoms with Gasteiger partial charge in [-0.05, 0) is 22.0 Å². The summed E-state index contributed by atoms with van der Waals surface area (Å²) in [5.41, 5.74) is 6.42. The lowest BCUT2D eigenvalue weighted by Gasteiger charge is -2.04. The maximum atomic E-state index is 5.78. The highest BCUT2D eigenvalue weighted by Crippen LogP contribution is 2.33. The van der Waals surface area contributed by atoms with Crippen LogP contribution in [0.5, 0.6) is 0 Å². The Morgan fingerprint density at radius 2 is 2.13 bits per heavy atom. The molecule has 2 heterocycles. The van der Waals surface area contributed by atoms with Crippen molar-refractivity contribution in [3.8, 4) is 0 Å². The zero-order valence-electron chi connectivity index (χ0n) is 7.59. The van der Waals surface area contributed by atoms with Gasteiger partial charge in [-0.15, -0.1) is 0 Å². The van der Waals surface area contributed by atoms with Gasteiger partial charge in [-0.25, -0.2) is 9.97 Å². The Morgan fingerprint density at radius 3 is 2.87 bits per heavy atom. The van der Waals surface area contributed by atoms with Gasteiger partial charge in [0.15, 0.2) is 0 Å². The molecule has 0 unspecified atom stereocenters. The van der Waals surface area contributed by atoms with Crippen molar-refractivity contribution in [2.45, 2.75) is 9.92 Å². The first-order chi connectivity index (χ1) is 7.27. The molecule has 2 N–H and O–H groups in total. The molecule has 0 saturated heterocycles. The second kappa shape index (κ2) is 4.59. The van der Waals surface area contributed by atoms with Gasteiger partial charge in [0.05, 0.1) is 16.4 Å². The number of hydrogen-bond acceptors (Lipinski definition) is 5. The van der Waals surface area contributed by atoms with Crippen molar-refractivity contribution in [2.75, 3.05) is 5.73 Å². The molecule has 0 aliphatic carbocycles. The van der Waals surface area contributed by atoms with Crippen LogP contribution in [0.1, 0.15) is 0 Å². The second-order valence-electron chi connectivity index (χ2n) is 2.69. The third-order valence-electron chi connectivity index (χ3n) is 1.65. The van der Waals surface area contributed by atoms with Gasteiger partial charge in [-0.3, -0.25) is 4.98 Å². The minimum atomic E-state index is 0.646. The molecule has 2 aromatic rings. The first-order valence-electron chi connectivity index (χ1n) is 4.10. The smallest absolute Gasteiger partial charge is 0.118 e. The van der Waals surface area contributed by atoms with Crippen LogP contribution in [0.15, 0.2) is 45.4 Å². The van der Waals surface area contributed by atoms with E-state index in [1.54, 1.807) is 18.6 Å². The van der Waals surface area contributed by atoms with Gasteiger partial charge in [0.25, 0.3) is 0 Å². The Bertz CT molecular complexity index is 434. The summed E-state index contributed by atoms with van der Waals surface area (Å²) in [6, 6.07) is 1.86. The van der Waals surface area contributed by atoms with E-state index in [0.29, 0.717) is 5.69 Å². The van der Waals surface area contributed by atoms with Gasteiger partial charge in [-0.1, -0.05) is 11.8 Å². The Balaban J connectivity index is 2.30. The third kappa shape index (κ3) is 2.45. The van der Waals surface area contributed by atoms with Crippen LogP contribution in [0.2, 0.25) is 0 Å². The van der Waals surface area contributed by atoms with Gasteiger partial charge in [0.1, 0.15) is 11.4 Å². The summed E-state index contributed by atoms with van der Waals surface area (Å²) >= 11 is 4.85. The molecule has 0 aliphatic rings. The highest BCUT2D eigenvalue weighted by atomic mass is 79.9. The third-order valence-corrected chi connectivity index (χ3v) is 3.60.